The minimum Gasteiger partial charge on any atom is -0.495 e. The van der Waals surface area contributed by atoms with Crippen LogP contribution in [-0.4, -0.2) is 18.0 Å². The number of aromatic nitrogens is 1. The lowest BCUT2D eigenvalue weighted by Crippen LogP contribution is -2.14. The molecule has 0 saturated carbocycles. The number of anilines is 1. The van der Waals surface area contributed by atoms with Gasteiger partial charge < -0.3 is 10.1 Å². The SMILES string of the molecule is COc1ccc(C)cc1NC(=O)c1cccc(C)n1. The molecular formula is C15H16N2O2. The van der Waals surface area contributed by atoms with Crippen LogP contribution in [0.2, 0.25) is 0 Å². The second kappa shape index (κ2) is 5.52. The first-order chi connectivity index (χ1) is 9.10. The van der Waals surface area contributed by atoms with Crippen molar-refractivity contribution >= 4 is 11.6 Å². The predicted molar refractivity (Wildman–Crippen MR) is 74.7 cm³/mol. The van der Waals surface area contributed by atoms with Gasteiger partial charge in [-0.15, -0.1) is 0 Å². The minimum atomic E-state index is -0.243. The zero-order valence-electron chi connectivity index (χ0n) is 11.2. The van der Waals surface area contributed by atoms with E-state index in [0.29, 0.717) is 17.1 Å². The molecule has 0 atom stereocenters. The van der Waals surface area contributed by atoms with Crippen molar-refractivity contribution in [2.24, 2.45) is 0 Å². The summed E-state index contributed by atoms with van der Waals surface area (Å²) in [6.07, 6.45) is 0. The fourth-order valence-electron chi connectivity index (χ4n) is 1.78. The molecule has 4 nitrogen and oxygen atoms in total. The third kappa shape index (κ3) is 3.10. The van der Waals surface area contributed by atoms with E-state index in [1.807, 2.05) is 44.2 Å². The van der Waals surface area contributed by atoms with Crippen molar-refractivity contribution in [2.75, 3.05) is 12.4 Å². The molecule has 98 valence electrons. The van der Waals surface area contributed by atoms with Gasteiger partial charge in [0.2, 0.25) is 0 Å². The van der Waals surface area contributed by atoms with E-state index >= 15 is 0 Å². The quantitative estimate of drug-likeness (QED) is 0.918. The largest absolute Gasteiger partial charge is 0.495 e. The molecule has 0 radical (unpaired) electrons. The Balaban J connectivity index is 2.26. The number of ether oxygens (including phenoxy) is 1. The van der Waals surface area contributed by atoms with Gasteiger partial charge in [0, 0.05) is 5.69 Å². The van der Waals surface area contributed by atoms with Crippen LogP contribution in [0.1, 0.15) is 21.7 Å². The maximum Gasteiger partial charge on any atom is 0.274 e. The van der Waals surface area contributed by atoms with E-state index in [1.165, 1.54) is 0 Å². The number of benzene rings is 1. The number of aryl methyl sites for hydroxylation is 2. The van der Waals surface area contributed by atoms with Gasteiger partial charge in [-0.25, -0.2) is 4.98 Å². The van der Waals surface area contributed by atoms with Crippen LogP contribution in [0, 0.1) is 13.8 Å². The molecule has 0 aliphatic rings. The van der Waals surface area contributed by atoms with Gasteiger partial charge in [0.15, 0.2) is 0 Å². The lowest BCUT2D eigenvalue weighted by atomic mass is 10.2. The number of amides is 1. The average Bonchev–Trinajstić information content (AvgIpc) is 2.39. The molecule has 0 spiro atoms. The van der Waals surface area contributed by atoms with Gasteiger partial charge in [-0.1, -0.05) is 12.1 Å². The normalized spacial score (nSPS) is 10.1. The molecule has 1 N–H and O–H groups in total. The Labute approximate surface area is 112 Å². The lowest BCUT2D eigenvalue weighted by molar-refractivity contribution is 0.102. The predicted octanol–water partition coefficient (Wildman–Crippen LogP) is 2.96. The van der Waals surface area contributed by atoms with Gasteiger partial charge in [0.05, 0.1) is 12.8 Å². The summed E-state index contributed by atoms with van der Waals surface area (Å²) in [6.45, 7) is 3.81. The maximum absolute atomic E-state index is 12.1. The molecule has 1 heterocycles. The van der Waals surface area contributed by atoms with Gasteiger partial charge in [-0.05, 0) is 43.7 Å². The highest BCUT2D eigenvalue weighted by Crippen LogP contribution is 2.25. The monoisotopic (exact) mass is 256 g/mol. The van der Waals surface area contributed by atoms with Crippen molar-refractivity contribution in [3.05, 3.63) is 53.3 Å². The molecule has 0 aliphatic carbocycles. The molecule has 1 aromatic carbocycles. The molecule has 0 saturated heterocycles. The highest BCUT2D eigenvalue weighted by Gasteiger charge is 2.11. The number of nitrogens with one attached hydrogen (secondary N) is 1. The van der Waals surface area contributed by atoms with Gasteiger partial charge >= 0.3 is 0 Å². The van der Waals surface area contributed by atoms with Crippen LogP contribution in [0.5, 0.6) is 5.75 Å². The summed E-state index contributed by atoms with van der Waals surface area (Å²) >= 11 is 0. The van der Waals surface area contributed by atoms with Crippen LogP contribution >= 0.6 is 0 Å². The van der Waals surface area contributed by atoms with Crippen molar-refractivity contribution in [3.63, 3.8) is 0 Å². The summed E-state index contributed by atoms with van der Waals surface area (Å²) in [4.78, 5) is 16.3. The number of nitrogens with zero attached hydrogens (tertiary/aromatic N) is 1. The molecule has 2 aromatic rings. The summed E-state index contributed by atoms with van der Waals surface area (Å²) < 4.78 is 5.23. The average molecular weight is 256 g/mol. The lowest BCUT2D eigenvalue weighted by Gasteiger charge is -2.10. The van der Waals surface area contributed by atoms with E-state index in [4.69, 9.17) is 4.74 Å². The van der Waals surface area contributed by atoms with Crippen molar-refractivity contribution in [2.45, 2.75) is 13.8 Å². The zero-order valence-corrected chi connectivity index (χ0v) is 11.2. The maximum atomic E-state index is 12.1. The van der Waals surface area contributed by atoms with Crippen LogP contribution in [0.25, 0.3) is 0 Å². The van der Waals surface area contributed by atoms with E-state index in [0.717, 1.165) is 11.3 Å². The smallest absolute Gasteiger partial charge is 0.274 e. The third-order valence-electron chi connectivity index (χ3n) is 2.72. The van der Waals surface area contributed by atoms with Crippen molar-refractivity contribution < 1.29 is 9.53 Å². The first-order valence-electron chi connectivity index (χ1n) is 6.00. The molecular weight excluding hydrogens is 240 g/mol. The van der Waals surface area contributed by atoms with Crippen molar-refractivity contribution in [1.82, 2.24) is 4.98 Å². The van der Waals surface area contributed by atoms with E-state index in [-0.39, 0.29) is 5.91 Å². The fraction of sp³-hybridized carbons (Fsp3) is 0.200. The van der Waals surface area contributed by atoms with Gasteiger partial charge in [0.1, 0.15) is 11.4 Å². The van der Waals surface area contributed by atoms with E-state index in [2.05, 4.69) is 10.3 Å². The van der Waals surface area contributed by atoms with E-state index in [9.17, 15) is 4.79 Å². The summed E-state index contributed by atoms with van der Waals surface area (Å²) in [7, 11) is 1.57. The Kier molecular flexibility index (Phi) is 3.80. The molecule has 4 heteroatoms. The third-order valence-corrected chi connectivity index (χ3v) is 2.72. The molecule has 19 heavy (non-hydrogen) atoms. The van der Waals surface area contributed by atoms with Crippen LogP contribution in [0.3, 0.4) is 0 Å². The summed E-state index contributed by atoms with van der Waals surface area (Å²) in [5.41, 5.74) is 2.90. The number of carbonyl (C=O) groups excluding carboxylic acids is 1. The molecule has 1 amide bonds. The van der Waals surface area contributed by atoms with Crippen molar-refractivity contribution in [1.29, 1.82) is 0 Å². The minimum absolute atomic E-state index is 0.243. The number of pyridine rings is 1. The van der Waals surface area contributed by atoms with Crippen LogP contribution in [0.4, 0.5) is 5.69 Å². The van der Waals surface area contributed by atoms with Crippen LogP contribution < -0.4 is 10.1 Å². The number of methoxy groups -OCH3 is 1. The van der Waals surface area contributed by atoms with Crippen LogP contribution in [-0.2, 0) is 0 Å². The summed E-state index contributed by atoms with van der Waals surface area (Å²) in [5.74, 6) is 0.388. The Morgan fingerprint density at radius 1 is 1.21 bits per heavy atom. The van der Waals surface area contributed by atoms with Gasteiger partial charge in [0.25, 0.3) is 5.91 Å². The highest BCUT2D eigenvalue weighted by atomic mass is 16.5. The number of hydrogen-bond acceptors (Lipinski definition) is 3. The van der Waals surface area contributed by atoms with Gasteiger partial charge in [-0.2, -0.15) is 0 Å². The molecule has 0 aliphatic heterocycles. The fourth-order valence-corrected chi connectivity index (χ4v) is 1.78. The molecule has 0 fully saturated rings. The first kappa shape index (κ1) is 13.1. The van der Waals surface area contributed by atoms with Crippen molar-refractivity contribution in [3.8, 4) is 5.75 Å². The second-order valence-corrected chi connectivity index (χ2v) is 4.32. The Hall–Kier alpha value is -2.36. The van der Waals surface area contributed by atoms with Gasteiger partial charge in [-0.3, -0.25) is 4.79 Å². The van der Waals surface area contributed by atoms with E-state index < -0.39 is 0 Å². The Morgan fingerprint density at radius 3 is 2.68 bits per heavy atom. The standard InChI is InChI=1S/C15H16N2O2/c1-10-7-8-14(19-3)13(9-10)17-15(18)12-6-4-5-11(2)16-12/h4-9H,1-3H3,(H,17,18). The first-order valence-corrected chi connectivity index (χ1v) is 6.00. The Bertz CT molecular complexity index is 609. The second-order valence-electron chi connectivity index (χ2n) is 4.32. The Morgan fingerprint density at radius 2 is 2.00 bits per heavy atom. The summed E-state index contributed by atoms with van der Waals surface area (Å²) in [5, 5.41) is 2.82. The highest BCUT2D eigenvalue weighted by molar-refractivity contribution is 6.03. The topological polar surface area (TPSA) is 51.2 Å². The summed E-state index contributed by atoms with van der Waals surface area (Å²) in [6, 6.07) is 11.0. The molecule has 0 bridgehead atoms. The van der Waals surface area contributed by atoms with E-state index in [1.54, 1.807) is 13.2 Å². The zero-order chi connectivity index (χ0) is 13.8. The molecule has 1 aromatic heterocycles. The number of hydrogen-bond donors (Lipinski definition) is 1. The van der Waals surface area contributed by atoms with Crippen LogP contribution in [0.15, 0.2) is 36.4 Å². The number of rotatable bonds is 3. The molecule has 2 rings (SSSR count). The molecule has 0 unspecified atom stereocenters. The number of carbonyl (C=O) groups is 1.